The molecule has 2 aromatic heterocycles. The first-order chi connectivity index (χ1) is 13.3. The molecule has 5 nitrogen and oxygen atoms in total. The Morgan fingerprint density at radius 3 is 2.74 bits per heavy atom. The van der Waals surface area contributed by atoms with Gasteiger partial charge in [0.05, 0.1) is 5.69 Å². The van der Waals surface area contributed by atoms with Crippen LogP contribution in [0.3, 0.4) is 0 Å². The molecule has 1 N–H and O–H groups in total. The predicted molar refractivity (Wildman–Crippen MR) is 107 cm³/mol. The molecular formula is C21H20ClN5. The quantitative estimate of drug-likeness (QED) is 0.752. The smallest absolute Gasteiger partial charge is 0.161 e. The standard InChI is InChI=1S/C21H20ClN5/c22-18-4-2-1-3-16(18)15-7-10-27(13-15)21-17-11-24-12-19(17)25-20(26-21)14-5-8-23-9-6-14/h1-6,8-9,15,24H,7,10-13H2. The molecule has 2 aliphatic rings. The molecule has 3 aromatic rings. The number of halogens is 1. The van der Waals surface area contributed by atoms with Crippen molar-refractivity contribution in [3.8, 4) is 11.4 Å². The fraction of sp³-hybridized carbons (Fsp3) is 0.286. The van der Waals surface area contributed by atoms with Gasteiger partial charge < -0.3 is 10.2 Å². The summed E-state index contributed by atoms with van der Waals surface area (Å²) in [5, 5.41) is 4.28. The van der Waals surface area contributed by atoms with E-state index in [1.54, 1.807) is 12.4 Å². The van der Waals surface area contributed by atoms with E-state index in [1.165, 1.54) is 11.1 Å². The van der Waals surface area contributed by atoms with Crippen LogP contribution in [-0.2, 0) is 13.1 Å². The molecule has 136 valence electrons. The molecule has 27 heavy (non-hydrogen) atoms. The number of nitrogens with zero attached hydrogens (tertiary/aromatic N) is 4. The Bertz CT molecular complexity index is 976. The molecule has 0 bridgehead atoms. The van der Waals surface area contributed by atoms with Crippen LogP contribution in [0.2, 0.25) is 5.02 Å². The van der Waals surface area contributed by atoms with Crippen LogP contribution in [-0.4, -0.2) is 28.0 Å². The predicted octanol–water partition coefficient (Wildman–Crippen LogP) is 3.79. The van der Waals surface area contributed by atoms with Crippen LogP contribution >= 0.6 is 11.6 Å². The second kappa shape index (κ2) is 6.91. The van der Waals surface area contributed by atoms with Gasteiger partial charge in [-0.05, 0) is 30.2 Å². The van der Waals surface area contributed by atoms with E-state index in [2.05, 4.69) is 27.3 Å². The third-order valence-electron chi connectivity index (χ3n) is 5.44. The number of hydrogen-bond donors (Lipinski definition) is 1. The number of fused-ring (bicyclic) bond motifs is 1. The second-order valence-electron chi connectivity index (χ2n) is 7.09. The summed E-state index contributed by atoms with van der Waals surface area (Å²) in [6.07, 6.45) is 4.65. The van der Waals surface area contributed by atoms with Gasteiger partial charge in [0, 0.05) is 60.6 Å². The van der Waals surface area contributed by atoms with Gasteiger partial charge in [-0.2, -0.15) is 0 Å². The highest BCUT2D eigenvalue weighted by molar-refractivity contribution is 6.31. The SMILES string of the molecule is Clc1ccccc1C1CCN(c2nc(-c3ccncc3)nc3c2CNC3)C1. The van der Waals surface area contributed by atoms with E-state index in [4.69, 9.17) is 21.6 Å². The molecule has 0 aliphatic carbocycles. The molecule has 2 aliphatic heterocycles. The molecule has 0 amide bonds. The zero-order chi connectivity index (χ0) is 18.2. The van der Waals surface area contributed by atoms with Crippen molar-refractivity contribution in [3.63, 3.8) is 0 Å². The van der Waals surface area contributed by atoms with E-state index in [9.17, 15) is 0 Å². The van der Waals surface area contributed by atoms with E-state index in [-0.39, 0.29) is 0 Å². The molecule has 5 rings (SSSR count). The Hall–Kier alpha value is -2.50. The lowest BCUT2D eigenvalue weighted by Crippen LogP contribution is -2.23. The Morgan fingerprint density at radius 2 is 1.89 bits per heavy atom. The van der Waals surface area contributed by atoms with Crippen molar-refractivity contribution in [1.29, 1.82) is 0 Å². The lowest BCUT2D eigenvalue weighted by atomic mass is 9.98. The maximum atomic E-state index is 6.44. The molecule has 6 heteroatoms. The van der Waals surface area contributed by atoms with Crippen molar-refractivity contribution in [3.05, 3.63) is 70.6 Å². The highest BCUT2D eigenvalue weighted by Gasteiger charge is 2.30. The number of nitrogens with one attached hydrogen (secondary N) is 1. The molecule has 1 aromatic carbocycles. The van der Waals surface area contributed by atoms with Gasteiger partial charge in [-0.3, -0.25) is 4.98 Å². The number of rotatable bonds is 3. The fourth-order valence-electron chi connectivity index (χ4n) is 4.05. The molecule has 0 saturated carbocycles. The molecular weight excluding hydrogens is 358 g/mol. The van der Waals surface area contributed by atoms with Crippen LogP contribution in [0.15, 0.2) is 48.8 Å². The third-order valence-corrected chi connectivity index (χ3v) is 5.78. The van der Waals surface area contributed by atoms with E-state index in [0.29, 0.717) is 5.92 Å². The first-order valence-corrected chi connectivity index (χ1v) is 9.67. The summed E-state index contributed by atoms with van der Waals surface area (Å²) in [7, 11) is 0. The van der Waals surface area contributed by atoms with E-state index < -0.39 is 0 Å². The maximum Gasteiger partial charge on any atom is 0.161 e. The Labute approximate surface area is 163 Å². The number of benzene rings is 1. The maximum absolute atomic E-state index is 6.44. The summed E-state index contributed by atoms with van der Waals surface area (Å²) in [6, 6.07) is 12.1. The third kappa shape index (κ3) is 3.07. The van der Waals surface area contributed by atoms with Crippen molar-refractivity contribution >= 4 is 17.4 Å². The second-order valence-corrected chi connectivity index (χ2v) is 7.50. The zero-order valence-electron chi connectivity index (χ0n) is 14.9. The van der Waals surface area contributed by atoms with E-state index in [1.807, 2.05) is 24.3 Å². The Balaban J connectivity index is 1.50. The summed E-state index contributed by atoms with van der Waals surface area (Å²) in [5.74, 6) is 2.27. The Morgan fingerprint density at radius 1 is 1.04 bits per heavy atom. The minimum absolute atomic E-state index is 0.433. The zero-order valence-corrected chi connectivity index (χ0v) is 15.7. The average molecular weight is 378 g/mol. The minimum Gasteiger partial charge on any atom is -0.356 e. The largest absolute Gasteiger partial charge is 0.356 e. The lowest BCUT2D eigenvalue weighted by Gasteiger charge is -2.21. The Kier molecular flexibility index (Phi) is 4.26. The van der Waals surface area contributed by atoms with Crippen molar-refractivity contribution in [2.45, 2.75) is 25.4 Å². The van der Waals surface area contributed by atoms with Crippen LogP contribution in [0, 0.1) is 0 Å². The highest BCUT2D eigenvalue weighted by atomic mass is 35.5. The van der Waals surface area contributed by atoms with Gasteiger partial charge in [-0.25, -0.2) is 9.97 Å². The van der Waals surface area contributed by atoms with Crippen molar-refractivity contribution in [1.82, 2.24) is 20.3 Å². The molecule has 0 radical (unpaired) electrons. The number of aromatic nitrogens is 3. The van der Waals surface area contributed by atoms with E-state index >= 15 is 0 Å². The van der Waals surface area contributed by atoms with Crippen molar-refractivity contribution in [2.24, 2.45) is 0 Å². The van der Waals surface area contributed by atoms with Gasteiger partial charge in [-0.1, -0.05) is 29.8 Å². The van der Waals surface area contributed by atoms with Crippen molar-refractivity contribution in [2.75, 3.05) is 18.0 Å². The number of anilines is 1. The first kappa shape index (κ1) is 16.7. The van der Waals surface area contributed by atoms with Crippen LogP contribution in [0.1, 0.15) is 29.2 Å². The number of hydrogen-bond acceptors (Lipinski definition) is 5. The monoisotopic (exact) mass is 377 g/mol. The van der Waals surface area contributed by atoms with Gasteiger partial charge >= 0.3 is 0 Å². The summed E-state index contributed by atoms with van der Waals surface area (Å²) in [5.41, 5.74) is 4.57. The van der Waals surface area contributed by atoms with Crippen LogP contribution in [0.5, 0.6) is 0 Å². The van der Waals surface area contributed by atoms with Gasteiger partial charge in [-0.15, -0.1) is 0 Å². The van der Waals surface area contributed by atoms with Gasteiger partial charge in [0.15, 0.2) is 5.82 Å². The average Bonchev–Trinajstić information content (AvgIpc) is 3.38. The molecule has 1 unspecified atom stereocenters. The molecule has 1 saturated heterocycles. The number of pyridine rings is 1. The molecule has 1 fully saturated rings. The molecule has 4 heterocycles. The molecule has 1 atom stereocenters. The van der Waals surface area contributed by atoms with Crippen LogP contribution in [0.4, 0.5) is 5.82 Å². The van der Waals surface area contributed by atoms with E-state index in [0.717, 1.165) is 60.5 Å². The summed E-state index contributed by atoms with van der Waals surface area (Å²) < 4.78 is 0. The van der Waals surface area contributed by atoms with Gasteiger partial charge in [0.1, 0.15) is 5.82 Å². The minimum atomic E-state index is 0.433. The van der Waals surface area contributed by atoms with Crippen LogP contribution in [0.25, 0.3) is 11.4 Å². The summed E-state index contributed by atoms with van der Waals surface area (Å²) in [6.45, 7) is 3.54. The van der Waals surface area contributed by atoms with Gasteiger partial charge in [0.2, 0.25) is 0 Å². The highest BCUT2D eigenvalue weighted by Crippen LogP contribution is 2.36. The molecule has 0 spiro atoms. The lowest BCUT2D eigenvalue weighted by molar-refractivity contribution is 0.755. The van der Waals surface area contributed by atoms with Gasteiger partial charge in [0.25, 0.3) is 0 Å². The van der Waals surface area contributed by atoms with Crippen LogP contribution < -0.4 is 10.2 Å². The summed E-state index contributed by atoms with van der Waals surface area (Å²) in [4.78, 5) is 16.3. The summed E-state index contributed by atoms with van der Waals surface area (Å²) >= 11 is 6.44. The first-order valence-electron chi connectivity index (χ1n) is 9.30. The topological polar surface area (TPSA) is 53.9 Å². The van der Waals surface area contributed by atoms with Crippen molar-refractivity contribution < 1.29 is 0 Å². The normalized spacial score (nSPS) is 18.7. The fourth-order valence-corrected chi connectivity index (χ4v) is 4.34.